The Bertz CT molecular complexity index is 558. The first kappa shape index (κ1) is 24.0. The zero-order valence-corrected chi connectivity index (χ0v) is 22.1. The molecule has 1 rings (SSSR count). The molecule has 1 heterocycles. The maximum Gasteiger partial charge on any atom is 0.333 e. The van der Waals surface area contributed by atoms with E-state index in [4.69, 9.17) is 13.3 Å². The molecule has 0 aliphatic carbocycles. The zero-order chi connectivity index (χ0) is 20.6. The van der Waals surface area contributed by atoms with Gasteiger partial charge in [0.05, 0.1) is 12.2 Å². The molecule has 1 aliphatic rings. The number of hydrogen-bond acceptors (Lipinski definition) is 5. The lowest BCUT2D eigenvalue weighted by atomic mass is 10.1. The molecule has 2 unspecified atom stereocenters. The summed E-state index contributed by atoms with van der Waals surface area (Å²) in [5.74, 6) is -0.404. The van der Waals surface area contributed by atoms with Crippen molar-refractivity contribution in [3.63, 3.8) is 0 Å². The maximum atomic E-state index is 11.9. The number of carbonyl (C=O) groups excluding carboxylic acids is 1. The van der Waals surface area contributed by atoms with Crippen LogP contribution in [-0.2, 0) is 18.1 Å². The second-order valence-electron chi connectivity index (χ2n) is 9.87. The molecular weight excluding hydrogens is 397 g/mol. The predicted molar refractivity (Wildman–Crippen MR) is 117 cm³/mol. The number of carbonyl (C=O) groups is 1. The number of hydrogen-bond donors (Lipinski definition) is 1. The van der Waals surface area contributed by atoms with Crippen molar-refractivity contribution < 1.29 is 22.9 Å². The Morgan fingerprint density at radius 1 is 1.27 bits per heavy atom. The van der Waals surface area contributed by atoms with Gasteiger partial charge in [-0.25, -0.2) is 4.79 Å². The Kier molecular flexibility index (Phi) is 7.16. The first-order valence-electron chi connectivity index (χ1n) is 9.40. The molecule has 5 nitrogen and oxygen atoms in total. The smallest absolute Gasteiger partial charge is 0.333 e. The number of esters is 1. The average molecular weight is 435 g/mol. The molecule has 1 N–H and O–H groups in total. The summed E-state index contributed by atoms with van der Waals surface area (Å²) in [7, 11) is -9.37. The molecule has 0 amide bonds. The van der Waals surface area contributed by atoms with Crippen LogP contribution in [-0.4, -0.2) is 54.3 Å². The van der Waals surface area contributed by atoms with Gasteiger partial charge >= 0.3 is 14.0 Å². The molecule has 26 heavy (non-hydrogen) atoms. The summed E-state index contributed by atoms with van der Waals surface area (Å²) in [6.45, 7) is 22.8. The van der Waals surface area contributed by atoms with Gasteiger partial charge in [0, 0.05) is 11.6 Å². The third kappa shape index (κ3) is 5.49. The van der Waals surface area contributed by atoms with Gasteiger partial charge in [-0.05, 0) is 59.9 Å². The van der Waals surface area contributed by atoms with Crippen molar-refractivity contribution in [3.8, 4) is 0 Å². The summed E-state index contributed by atoms with van der Waals surface area (Å²) in [6, 6.07) is 1.44. The highest BCUT2D eigenvalue weighted by Gasteiger charge is 2.67. The fourth-order valence-electron chi connectivity index (χ4n) is 3.72. The van der Waals surface area contributed by atoms with E-state index in [0.29, 0.717) is 11.6 Å². The van der Waals surface area contributed by atoms with Crippen LogP contribution in [0.2, 0.25) is 51.4 Å². The van der Waals surface area contributed by atoms with Crippen LogP contribution in [0.3, 0.4) is 0 Å². The number of rotatable bonds is 7. The maximum absolute atomic E-state index is 11.9. The van der Waals surface area contributed by atoms with Crippen molar-refractivity contribution >= 4 is 37.3 Å². The summed E-state index contributed by atoms with van der Waals surface area (Å²) in [4.78, 5) is 23.7. The van der Waals surface area contributed by atoms with Crippen LogP contribution in [0.15, 0.2) is 12.2 Å². The first-order valence-corrected chi connectivity index (χ1v) is 22.5. The van der Waals surface area contributed by atoms with Gasteiger partial charge in [-0.3, -0.25) is 0 Å². The Morgan fingerprint density at radius 2 is 1.81 bits per heavy atom. The van der Waals surface area contributed by atoms with E-state index in [1.807, 2.05) is 0 Å². The fraction of sp³-hybridized carbons (Fsp3) is 0.824. The second-order valence-corrected chi connectivity index (χ2v) is 37.4. The lowest BCUT2D eigenvalue weighted by molar-refractivity contribution is -0.138. The molecule has 1 fully saturated rings. The molecule has 0 saturated carbocycles. The van der Waals surface area contributed by atoms with Gasteiger partial charge < -0.3 is 18.1 Å². The highest BCUT2D eigenvalue weighted by atomic mass is 29.7. The lowest BCUT2D eigenvalue weighted by Crippen LogP contribution is -2.81. The Hall–Kier alpha value is -0.0425. The Balaban J connectivity index is 3.15. The normalized spacial score (nSPS) is 27.5. The topological polar surface area (TPSA) is 65.0 Å². The van der Waals surface area contributed by atoms with Crippen LogP contribution < -0.4 is 0 Å². The SMILES string of the molecule is C=C(C)C(=O)OCC[Si](O)(O[Si](C)(C)C)[Si]1(C)CCC(C)(C)O[Si]1(C)C. The zero-order valence-electron chi connectivity index (χ0n) is 18.1. The molecule has 9 heteroatoms. The van der Waals surface area contributed by atoms with E-state index >= 15 is 0 Å². The van der Waals surface area contributed by atoms with Crippen LogP contribution in [0.25, 0.3) is 0 Å². The molecule has 152 valence electrons. The van der Waals surface area contributed by atoms with E-state index in [2.05, 4.69) is 59.7 Å². The molecule has 0 bridgehead atoms. The van der Waals surface area contributed by atoms with E-state index in [9.17, 15) is 9.59 Å². The summed E-state index contributed by atoms with van der Waals surface area (Å²) >= 11 is 0. The Morgan fingerprint density at radius 3 is 2.23 bits per heavy atom. The van der Waals surface area contributed by atoms with Crippen molar-refractivity contribution in [1.82, 2.24) is 0 Å². The van der Waals surface area contributed by atoms with Crippen molar-refractivity contribution in [1.29, 1.82) is 0 Å². The predicted octanol–water partition coefficient (Wildman–Crippen LogP) is 4.03. The first-order chi connectivity index (χ1) is 11.4. The molecule has 0 aromatic carbocycles. The lowest BCUT2D eigenvalue weighted by Gasteiger charge is -2.56. The van der Waals surface area contributed by atoms with Gasteiger partial charge in [0.1, 0.15) is 7.11 Å². The summed E-state index contributed by atoms with van der Waals surface area (Å²) in [5, 5.41) is 0. The van der Waals surface area contributed by atoms with Crippen LogP contribution in [0, 0.1) is 0 Å². The van der Waals surface area contributed by atoms with Crippen LogP contribution in [0.1, 0.15) is 27.2 Å². The van der Waals surface area contributed by atoms with Crippen LogP contribution in [0.5, 0.6) is 0 Å². The number of ether oxygens (including phenoxy) is 1. The standard InChI is InChI=1S/C17H38O5Si4/c1-15(2)16(18)20-12-14-26(19,22-23(5,6)7)25(10)13-11-17(3,4)21-24(25,8)9/h19H,1,11-14H2,2-10H3. The molecule has 1 aliphatic heterocycles. The summed E-state index contributed by atoms with van der Waals surface area (Å²) in [6.07, 6.45) is 0.947. The molecular formula is C17H38O5Si4. The molecule has 0 spiro atoms. The van der Waals surface area contributed by atoms with Crippen molar-refractivity contribution in [2.24, 2.45) is 0 Å². The third-order valence-electron chi connectivity index (χ3n) is 5.45. The minimum absolute atomic E-state index is 0.136. The molecule has 2 atom stereocenters. The van der Waals surface area contributed by atoms with Gasteiger partial charge in [0.15, 0.2) is 16.2 Å². The van der Waals surface area contributed by atoms with Gasteiger partial charge in [0.25, 0.3) is 0 Å². The third-order valence-corrected chi connectivity index (χ3v) is 42.4. The minimum atomic E-state index is -3.08. The highest BCUT2D eigenvalue weighted by molar-refractivity contribution is 7.65. The van der Waals surface area contributed by atoms with E-state index in [1.54, 1.807) is 6.92 Å². The second kappa shape index (κ2) is 7.76. The van der Waals surface area contributed by atoms with Gasteiger partial charge in [-0.15, -0.1) is 0 Å². The summed E-state index contributed by atoms with van der Waals surface area (Å²) < 4.78 is 18.5. The Labute approximate surface area is 163 Å². The quantitative estimate of drug-likeness (QED) is 0.372. The highest BCUT2D eigenvalue weighted by Crippen LogP contribution is 2.44. The van der Waals surface area contributed by atoms with E-state index in [0.717, 1.165) is 12.5 Å². The molecule has 0 aromatic heterocycles. The van der Waals surface area contributed by atoms with Crippen molar-refractivity contribution in [3.05, 3.63) is 12.2 Å². The average Bonchev–Trinajstić information content (AvgIpc) is 2.39. The van der Waals surface area contributed by atoms with Gasteiger partial charge in [-0.1, -0.05) is 19.2 Å². The summed E-state index contributed by atoms with van der Waals surface area (Å²) in [5.41, 5.74) is 0.241. The van der Waals surface area contributed by atoms with Crippen LogP contribution >= 0.6 is 0 Å². The van der Waals surface area contributed by atoms with Crippen molar-refractivity contribution in [2.45, 2.75) is 84.2 Å². The van der Waals surface area contributed by atoms with Gasteiger partial charge in [0.2, 0.25) is 0 Å². The fourth-order valence-corrected chi connectivity index (χ4v) is 41.0. The van der Waals surface area contributed by atoms with E-state index in [1.165, 1.54) is 0 Å². The molecule has 1 saturated heterocycles. The molecule has 0 radical (unpaired) electrons. The monoisotopic (exact) mass is 434 g/mol. The van der Waals surface area contributed by atoms with Crippen LogP contribution in [0.4, 0.5) is 0 Å². The minimum Gasteiger partial charge on any atom is -0.462 e. The van der Waals surface area contributed by atoms with Crippen molar-refractivity contribution in [2.75, 3.05) is 6.61 Å². The molecule has 0 aromatic rings. The van der Waals surface area contributed by atoms with E-state index < -0.39 is 37.3 Å². The van der Waals surface area contributed by atoms with Gasteiger partial charge in [-0.2, -0.15) is 0 Å². The largest absolute Gasteiger partial charge is 0.462 e. The van der Waals surface area contributed by atoms with E-state index in [-0.39, 0.29) is 12.2 Å².